The molecular formula is C18H18N2O3. The Morgan fingerprint density at radius 1 is 1.13 bits per heavy atom. The van der Waals surface area contributed by atoms with E-state index in [0.29, 0.717) is 17.6 Å². The van der Waals surface area contributed by atoms with Crippen LogP contribution in [0.25, 0.3) is 11.1 Å². The number of aromatic nitrogens is 1. The molecule has 0 aliphatic heterocycles. The molecule has 0 saturated heterocycles. The maximum Gasteiger partial charge on any atom is 0.420 e. The third kappa shape index (κ3) is 3.04. The molecule has 0 saturated carbocycles. The second-order valence-electron chi connectivity index (χ2n) is 5.60. The van der Waals surface area contributed by atoms with Crippen molar-refractivity contribution in [2.45, 2.75) is 20.0 Å². The summed E-state index contributed by atoms with van der Waals surface area (Å²) < 4.78 is 6.52. The van der Waals surface area contributed by atoms with E-state index < -0.39 is 5.76 Å². The van der Waals surface area contributed by atoms with Crippen LogP contribution in [0, 0.1) is 6.92 Å². The van der Waals surface area contributed by atoms with Crippen LogP contribution in [0.3, 0.4) is 0 Å². The highest BCUT2D eigenvalue weighted by atomic mass is 16.4. The summed E-state index contributed by atoms with van der Waals surface area (Å²) in [6, 6.07) is 15.0. The number of hydrogen-bond donors (Lipinski definition) is 0. The molecule has 1 amide bonds. The molecule has 0 aliphatic carbocycles. The van der Waals surface area contributed by atoms with E-state index >= 15 is 0 Å². The number of aryl methyl sites for hydroxylation is 1. The van der Waals surface area contributed by atoms with Crippen LogP contribution >= 0.6 is 0 Å². The van der Waals surface area contributed by atoms with Crippen LogP contribution in [-0.2, 0) is 17.9 Å². The van der Waals surface area contributed by atoms with Crippen molar-refractivity contribution in [3.63, 3.8) is 0 Å². The normalized spacial score (nSPS) is 10.9. The molecule has 0 atom stereocenters. The lowest BCUT2D eigenvalue weighted by molar-refractivity contribution is -0.131. The summed E-state index contributed by atoms with van der Waals surface area (Å²) in [6.07, 6.45) is 0. The minimum atomic E-state index is -0.510. The van der Waals surface area contributed by atoms with Crippen LogP contribution < -0.4 is 5.76 Å². The largest absolute Gasteiger partial charge is 0.420 e. The van der Waals surface area contributed by atoms with Gasteiger partial charge in [0.05, 0.1) is 5.52 Å². The van der Waals surface area contributed by atoms with E-state index in [2.05, 4.69) is 0 Å². The lowest BCUT2D eigenvalue weighted by Crippen LogP contribution is -2.32. The smallest absolute Gasteiger partial charge is 0.408 e. The average Bonchev–Trinajstić information content (AvgIpc) is 2.85. The Labute approximate surface area is 133 Å². The van der Waals surface area contributed by atoms with E-state index in [-0.39, 0.29) is 12.5 Å². The van der Waals surface area contributed by atoms with E-state index in [0.717, 1.165) is 11.1 Å². The third-order valence-corrected chi connectivity index (χ3v) is 3.96. The molecule has 0 spiro atoms. The summed E-state index contributed by atoms with van der Waals surface area (Å²) in [4.78, 5) is 26.0. The number of nitrogens with zero attached hydrogens (tertiary/aromatic N) is 2. The van der Waals surface area contributed by atoms with Gasteiger partial charge in [0.1, 0.15) is 6.54 Å². The first-order valence-electron chi connectivity index (χ1n) is 7.43. The first-order chi connectivity index (χ1) is 11.1. The first kappa shape index (κ1) is 15.1. The van der Waals surface area contributed by atoms with Gasteiger partial charge in [0.25, 0.3) is 0 Å². The zero-order valence-electron chi connectivity index (χ0n) is 13.2. The van der Waals surface area contributed by atoms with Crippen LogP contribution in [0.2, 0.25) is 0 Å². The van der Waals surface area contributed by atoms with Gasteiger partial charge in [0.15, 0.2) is 5.58 Å². The molecule has 0 N–H and O–H groups in total. The molecule has 3 aromatic rings. The highest BCUT2D eigenvalue weighted by Crippen LogP contribution is 2.13. The van der Waals surface area contributed by atoms with Crippen molar-refractivity contribution < 1.29 is 9.21 Å². The summed E-state index contributed by atoms with van der Waals surface area (Å²) in [5.41, 5.74) is 3.35. The number of likely N-dealkylation sites (N-methyl/N-ethyl adjacent to an activating group) is 1. The van der Waals surface area contributed by atoms with Gasteiger partial charge in [-0.2, -0.15) is 0 Å². The summed E-state index contributed by atoms with van der Waals surface area (Å²) in [7, 11) is 1.74. The Bertz CT molecular complexity index is 908. The number of oxazole rings is 1. The molecule has 0 aliphatic rings. The van der Waals surface area contributed by atoms with Crippen molar-refractivity contribution in [1.82, 2.24) is 9.47 Å². The number of carbonyl (C=O) groups excluding carboxylic acids is 1. The Kier molecular flexibility index (Phi) is 4.02. The Balaban J connectivity index is 1.79. The molecule has 1 aromatic heterocycles. The zero-order chi connectivity index (χ0) is 16.4. The van der Waals surface area contributed by atoms with Crippen molar-refractivity contribution in [2.75, 3.05) is 7.05 Å². The molecule has 1 heterocycles. The van der Waals surface area contributed by atoms with Crippen molar-refractivity contribution in [1.29, 1.82) is 0 Å². The number of para-hydroxylation sites is 2. The van der Waals surface area contributed by atoms with E-state index in [4.69, 9.17) is 4.42 Å². The van der Waals surface area contributed by atoms with Crippen molar-refractivity contribution >= 4 is 17.0 Å². The van der Waals surface area contributed by atoms with E-state index in [9.17, 15) is 9.59 Å². The Hall–Kier alpha value is -2.82. The molecule has 5 nitrogen and oxygen atoms in total. The predicted molar refractivity (Wildman–Crippen MR) is 88.1 cm³/mol. The number of carbonyl (C=O) groups is 1. The zero-order valence-corrected chi connectivity index (χ0v) is 13.2. The standard InChI is InChI=1S/C18H18N2O3/c1-13-7-3-4-8-14(13)11-19(2)17(21)12-20-15-9-5-6-10-16(15)23-18(20)22/h3-10H,11-12H2,1-2H3. The number of amides is 1. The van der Waals surface area contributed by atoms with Gasteiger partial charge < -0.3 is 9.32 Å². The van der Waals surface area contributed by atoms with Crippen LogP contribution in [0.5, 0.6) is 0 Å². The molecule has 0 unspecified atom stereocenters. The number of fused-ring (bicyclic) bond motifs is 1. The predicted octanol–water partition coefficient (Wildman–Crippen LogP) is 2.56. The fraction of sp³-hybridized carbons (Fsp3) is 0.222. The van der Waals surface area contributed by atoms with E-state index in [1.165, 1.54) is 4.57 Å². The van der Waals surface area contributed by atoms with Crippen molar-refractivity contribution in [3.05, 3.63) is 70.2 Å². The molecule has 5 heteroatoms. The van der Waals surface area contributed by atoms with E-state index in [1.807, 2.05) is 37.3 Å². The average molecular weight is 310 g/mol. The van der Waals surface area contributed by atoms with Gasteiger partial charge in [0.2, 0.25) is 5.91 Å². The summed E-state index contributed by atoms with van der Waals surface area (Å²) in [6.45, 7) is 2.50. The van der Waals surface area contributed by atoms with Gasteiger partial charge in [-0.25, -0.2) is 4.79 Å². The molecule has 23 heavy (non-hydrogen) atoms. The lowest BCUT2D eigenvalue weighted by Gasteiger charge is -2.18. The molecular weight excluding hydrogens is 292 g/mol. The quantitative estimate of drug-likeness (QED) is 0.744. The van der Waals surface area contributed by atoms with Crippen LogP contribution in [0.15, 0.2) is 57.7 Å². The molecule has 0 radical (unpaired) electrons. The number of benzene rings is 2. The lowest BCUT2D eigenvalue weighted by atomic mass is 10.1. The maximum atomic E-state index is 12.4. The minimum Gasteiger partial charge on any atom is -0.408 e. The van der Waals surface area contributed by atoms with Crippen LogP contribution in [0.1, 0.15) is 11.1 Å². The first-order valence-corrected chi connectivity index (χ1v) is 7.43. The van der Waals surface area contributed by atoms with Gasteiger partial charge in [-0.15, -0.1) is 0 Å². The van der Waals surface area contributed by atoms with Gasteiger partial charge >= 0.3 is 5.76 Å². The molecule has 2 aromatic carbocycles. The van der Waals surface area contributed by atoms with Crippen LogP contribution in [-0.4, -0.2) is 22.4 Å². The second kappa shape index (κ2) is 6.12. The fourth-order valence-corrected chi connectivity index (χ4v) is 2.55. The topological polar surface area (TPSA) is 55.5 Å². The highest BCUT2D eigenvalue weighted by molar-refractivity contribution is 5.79. The minimum absolute atomic E-state index is 0.0295. The van der Waals surface area contributed by atoms with Gasteiger partial charge in [-0.05, 0) is 30.2 Å². The second-order valence-corrected chi connectivity index (χ2v) is 5.60. The number of hydrogen-bond acceptors (Lipinski definition) is 3. The van der Waals surface area contributed by atoms with E-state index in [1.54, 1.807) is 30.1 Å². The summed E-state index contributed by atoms with van der Waals surface area (Å²) in [5.74, 6) is -0.647. The molecule has 3 rings (SSSR count). The highest BCUT2D eigenvalue weighted by Gasteiger charge is 2.15. The molecule has 0 bridgehead atoms. The van der Waals surface area contributed by atoms with Crippen LogP contribution in [0.4, 0.5) is 0 Å². The Morgan fingerprint density at radius 2 is 1.83 bits per heavy atom. The van der Waals surface area contributed by atoms with Gasteiger partial charge in [0, 0.05) is 13.6 Å². The Morgan fingerprint density at radius 3 is 2.61 bits per heavy atom. The maximum absolute atomic E-state index is 12.4. The third-order valence-electron chi connectivity index (χ3n) is 3.96. The van der Waals surface area contributed by atoms with Crippen molar-refractivity contribution in [2.24, 2.45) is 0 Å². The fourth-order valence-electron chi connectivity index (χ4n) is 2.55. The summed E-state index contributed by atoms with van der Waals surface area (Å²) in [5, 5.41) is 0. The number of rotatable bonds is 4. The molecule has 118 valence electrons. The van der Waals surface area contributed by atoms with Gasteiger partial charge in [-0.3, -0.25) is 9.36 Å². The molecule has 0 fully saturated rings. The van der Waals surface area contributed by atoms with Crippen molar-refractivity contribution in [3.8, 4) is 0 Å². The summed E-state index contributed by atoms with van der Waals surface area (Å²) >= 11 is 0. The SMILES string of the molecule is Cc1ccccc1CN(C)C(=O)Cn1c(=O)oc2ccccc21. The van der Waals surface area contributed by atoms with Gasteiger partial charge in [-0.1, -0.05) is 36.4 Å². The monoisotopic (exact) mass is 310 g/mol.